The van der Waals surface area contributed by atoms with Gasteiger partial charge in [0.1, 0.15) is 6.04 Å². The summed E-state index contributed by atoms with van der Waals surface area (Å²) in [5, 5.41) is 154. The van der Waals surface area contributed by atoms with Gasteiger partial charge >= 0.3 is 5.97 Å². The van der Waals surface area contributed by atoms with Crippen molar-refractivity contribution in [1.82, 2.24) is 5.32 Å². The minimum Gasteiger partial charge on any atom is -0.504 e. The lowest BCUT2D eigenvalue weighted by molar-refractivity contribution is -0.550. The van der Waals surface area contributed by atoms with Crippen LogP contribution in [0, 0.1) is 5.92 Å². The summed E-state index contributed by atoms with van der Waals surface area (Å²) >= 11 is 0. The van der Waals surface area contributed by atoms with Crippen molar-refractivity contribution in [3.05, 3.63) is 5.56 Å². The Kier molecular flexibility index (Phi) is 7.04. The SMILES string of the molecule is CC(C)C1(O)C(O)(O)C(N)(O)C(O)(C(=O)NC(Cc2c(O)c(O)c(O)c(O)c2O)C(=O)O)C(O)(O)C1(O)O. The van der Waals surface area contributed by atoms with Gasteiger partial charge in [-0.05, 0) is 5.92 Å². The first-order valence-corrected chi connectivity index (χ1v) is 10.3. The molecule has 0 aromatic heterocycles. The van der Waals surface area contributed by atoms with E-state index in [0.717, 1.165) is 13.8 Å². The second-order valence-electron chi connectivity index (χ2n) is 9.20. The number of benzene rings is 1. The number of nitrogens with two attached hydrogens (primary N) is 1. The summed E-state index contributed by atoms with van der Waals surface area (Å²) in [6.45, 7) is 1.67. The molecule has 18 N–H and O–H groups in total. The predicted octanol–water partition coefficient (Wildman–Crippen LogP) is -6.85. The van der Waals surface area contributed by atoms with Crippen LogP contribution in [0.15, 0.2) is 0 Å². The van der Waals surface area contributed by atoms with E-state index in [9.17, 15) is 86.2 Å². The third-order valence-electron chi connectivity index (χ3n) is 6.78. The van der Waals surface area contributed by atoms with Crippen LogP contribution < -0.4 is 11.1 Å². The molecule has 1 aromatic rings. The lowest BCUT2D eigenvalue weighted by Crippen LogP contribution is -3.00. The van der Waals surface area contributed by atoms with E-state index < -0.39 is 98.9 Å². The van der Waals surface area contributed by atoms with Gasteiger partial charge in [-0.15, -0.1) is 0 Å². The highest BCUT2D eigenvalue weighted by atomic mass is 16.7. The van der Waals surface area contributed by atoms with E-state index in [1.54, 1.807) is 0 Å². The van der Waals surface area contributed by atoms with Gasteiger partial charge in [0.25, 0.3) is 23.1 Å². The standard InChI is InChI=1S/C19H28N2O17/c1-4(2)14(30)17(33,34)16(20,32)15(31,19(37,38)18(14,35)36)13(29)21-6(12(27)28)3-5-7(22)9(24)11(26)10(25)8(5)23/h4,6,22-26,30-38H,3,20H2,1-2H3,(H,21,29)(H,27,28). The van der Waals surface area contributed by atoms with Crippen LogP contribution in [0.1, 0.15) is 19.4 Å². The maximum absolute atomic E-state index is 13.0. The number of hydrogen-bond acceptors (Lipinski definition) is 17. The number of amides is 1. The maximum atomic E-state index is 13.0. The highest BCUT2D eigenvalue weighted by Crippen LogP contribution is 2.56. The Hall–Kier alpha value is -3.24. The number of carbonyl (C=O) groups is 2. The maximum Gasteiger partial charge on any atom is 0.326 e. The Morgan fingerprint density at radius 1 is 0.737 bits per heavy atom. The van der Waals surface area contributed by atoms with Crippen LogP contribution >= 0.6 is 0 Å². The number of aromatic hydroxyl groups is 5. The minimum atomic E-state index is -4.93. The van der Waals surface area contributed by atoms with E-state index in [0.29, 0.717) is 0 Å². The molecule has 0 radical (unpaired) electrons. The monoisotopic (exact) mass is 556 g/mol. The van der Waals surface area contributed by atoms with E-state index in [-0.39, 0.29) is 0 Å². The fourth-order valence-electron chi connectivity index (χ4n) is 4.30. The van der Waals surface area contributed by atoms with Crippen LogP contribution in [-0.4, -0.2) is 129 Å². The van der Waals surface area contributed by atoms with Gasteiger partial charge < -0.3 is 81.9 Å². The van der Waals surface area contributed by atoms with Gasteiger partial charge in [-0.3, -0.25) is 10.5 Å². The number of aliphatic carboxylic acids is 1. The molecule has 1 aromatic carbocycles. The molecule has 19 heteroatoms. The van der Waals surface area contributed by atoms with E-state index in [2.05, 4.69) is 0 Å². The van der Waals surface area contributed by atoms with Crippen molar-refractivity contribution in [2.24, 2.45) is 11.7 Å². The zero-order chi connectivity index (χ0) is 30.2. The van der Waals surface area contributed by atoms with Crippen molar-refractivity contribution < 1.29 is 86.2 Å². The first-order valence-electron chi connectivity index (χ1n) is 10.3. The smallest absolute Gasteiger partial charge is 0.326 e. The molecule has 19 nitrogen and oxygen atoms in total. The van der Waals surface area contributed by atoms with E-state index >= 15 is 0 Å². The number of nitrogens with one attached hydrogen (secondary N) is 1. The fraction of sp³-hybridized carbons (Fsp3) is 0.579. The molecule has 0 heterocycles. The number of hydrogen-bond donors (Lipinski definition) is 17. The van der Waals surface area contributed by atoms with Crippen molar-refractivity contribution in [2.45, 2.75) is 60.6 Å². The molecule has 0 aliphatic heterocycles. The Morgan fingerprint density at radius 2 is 1.13 bits per heavy atom. The summed E-state index contributed by atoms with van der Waals surface area (Å²) in [4.78, 5) is 24.8. The Balaban J connectivity index is 2.70. The molecular formula is C19H28N2O17. The normalized spacial score (nSPS) is 30.6. The van der Waals surface area contributed by atoms with Crippen LogP contribution in [0.2, 0.25) is 0 Å². The van der Waals surface area contributed by atoms with E-state index in [1.807, 2.05) is 0 Å². The fourth-order valence-corrected chi connectivity index (χ4v) is 4.30. The van der Waals surface area contributed by atoms with Crippen LogP contribution in [0.4, 0.5) is 0 Å². The molecule has 4 unspecified atom stereocenters. The topological polar surface area (TPSA) is 376 Å². The molecule has 2 rings (SSSR count). The minimum absolute atomic E-state index is 0.834. The molecular weight excluding hydrogens is 528 g/mol. The number of phenols is 5. The number of phenolic OH excluding ortho intramolecular Hbond substituents is 5. The van der Waals surface area contributed by atoms with Crippen LogP contribution in [0.3, 0.4) is 0 Å². The summed E-state index contributed by atoms with van der Waals surface area (Å²) in [5.74, 6) is -28.0. The second-order valence-corrected chi connectivity index (χ2v) is 9.20. The summed E-state index contributed by atoms with van der Waals surface area (Å²) in [7, 11) is 0. The van der Waals surface area contributed by atoms with Gasteiger partial charge in [-0.1, -0.05) is 13.8 Å². The third-order valence-corrected chi connectivity index (χ3v) is 6.78. The summed E-state index contributed by atoms with van der Waals surface area (Å²) in [5.41, 5.74) is -9.19. The highest BCUT2D eigenvalue weighted by molar-refractivity contribution is 5.92. The molecule has 1 aliphatic carbocycles. The average molecular weight is 556 g/mol. The lowest BCUT2D eigenvalue weighted by atomic mass is 9.55. The lowest BCUT2D eigenvalue weighted by Gasteiger charge is -2.65. The summed E-state index contributed by atoms with van der Waals surface area (Å²) in [6, 6.07) is -2.57. The molecule has 1 amide bonds. The van der Waals surface area contributed by atoms with Crippen LogP contribution in [0.25, 0.3) is 0 Å². The van der Waals surface area contributed by atoms with Gasteiger partial charge in [0.05, 0.1) is 0 Å². The van der Waals surface area contributed by atoms with Gasteiger partial charge in [-0.2, -0.15) is 0 Å². The summed E-state index contributed by atoms with van der Waals surface area (Å²) < 4.78 is 0. The largest absolute Gasteiger partial charge is 0.504 e. The molecule has 1 fully saturated rings. The number of carboxylic acids is 1. The van der Waals surface area contributed by atoms with Crippen molar-refractivity contribution >= 4 is 11.9 Å². The molecule has 1 aliphatic rings. The Bertz CT molecular complexity index is 1100. The Morgan fingerprint density at radius 3 is 1.50 bits per heavy atom. The molecule has 1 saturated carbocycles. The average Bonchev–Trinajstić information content (AvgIpc) is 2.80. The first kappa shape index (κ1) is 31.0. The number of carboxylic acid groups (broad SMARTS) is 1. The second kappa shape index (κ2) is 8.64. The van der Waals surface area contributed by atoms with Crippen LogP contribution in [0.5, 0.6) is 28.7 Å². The molecule has 0 spiro atoms. The zero-order valence-corrected chi connectivity index (χ0v) is 19.5. The quantitative estimate of drug-likeness (QED) is 0.0878. The van der Waals surface area contributed by atoms with Crippen molar-refractivity contribution in [3.63, 3.8) is 0 Å². The molecule has 38 heavy (non-hydrogen) atoms. The van der Waals surface area contributed by atoms with E-state index in [1.165, 1.54) is 5.32 Å². The van der Waals surface area contributed by atoms with E-state index in [4.69, 9.17) is 5.73 Å². The molecule has 0 bridgehead atoms. The highest BCUT2D eigenvalue weighted by Gasteiger charge is 2.92. The Labute approximate surface area is 210 Å². The van der Waals surface area contributed by atoms with Crippen molar-refractivity contribution in [3.8, 4) is 28.7 Å². The van der Waals surface area contributed by atoms with Gasteiger partial charge in [0, 0.05) is 12.0 Å². The number of carbonyl (C=O) groups excluding carboxylic acids is 1. The molecule has 0 saturated heterocycles. The molecule has 4 atom stereocenters. The van der Waals surface area contributed by atoms with Crippen molar-refractivity contribution in [1.29, 1.82) is 0 Å². The number of rotatable bonds is 6. The molecule has 216 valence electrons. The predicted molar refractivity (Wildman–Crippen MR) is 113 cm³/mol. The van der Waals surface area contributed by atoms with Crippen molar-refractivity contribution in [2.75, 3.05) is 0 Å². The van der Waals surface area contributed by atoms with Gasteiger partial charge in [-0.25, -0.2) is 4.79 Å². The summed E-state index contributed by atoms with van der Waals surface area (Å²) in [6.07, 6.45) is -1.36. The first-order chi connectivity index (χ1) is 16.8. The zero-order valence-electron chi connectivity index (χ0n) is 19.5. The van der Waals surface area contributed by atoms with Gasteiger partial charge in [0.15, 0.2) is 17.1 Å². The van der Waals surface area contributed by atoms with Gasteiger partial charge in [0.2, 0.25) is 28.8 Å². The van der Waals surface area contributed by atoms with Crippen LogP contribution in [-0.2, 0) is 16.0 Å². The number of aliphatic hydroxyl groups is 9. The third kappa shape index (κ3) is 3.39.